The summed E-state index contributed by atoms with van der Waals surface area (Å²) >= 11 is 3.44. The summed E-state index contributed by atoms with van der Waals surface area (Å²) in [5.41, 5.74) is 1.26. The van der Waals surface area contributed by atoms with Crippen LogP contribution in [0.5, 0.6) is 5.75 Å². The van der Waals surface area contributed by atoms with Crippen molar-refractivity contribution in [2.24, 2.45) is 0 Å². The van der Waals surface area contributed by atoms with E-state index in [2.05, 4.69) is 30.5 Å². The number of aryl methyl sites for hydroxylation is 1. The molecule has 0 spiro atoms. The van der Waals surface area contributed by atoms with Gasteiger partial charge in [0.25, 0.3) is 5.91 Å². The summed E-state index contributed by atoms with van der Waals surface area (Å²) in [6.07, 6.45) is 5.56. The van der Waals surface area contributed by atoms with Crippen LogP contribution < -0.4 is 9.64 Å². The minimum atomic E-state index is -0.170. The molecule has 138 valence electrons. The summed E-state index contributed by atoms with van der Waals surface area (Å²) in [6.45, 7) is 1.39. The molecule has 2 aromatic heterocycles. The summed E-state index contributed by atoms with van der Waals surface area (Å²) in [5, 5.41) is 0. The van der Waals surface area contributed by atoms with Gasteiger partial charge in [0, 0.05) is 30.5 Å². The summed E-state index contributed by atoms with van der Waals surface area (Å²) in [4.78, 5) is 23.8. The Kier molecular flexibility index (Phi) is 4.94. The van der Waals surface area contributed by atoms with Gasteiger partial charge < -0.3 is 9.30 Å². The van der Waals surface area contributed by atoms with E-state index in [0.717, 1.165) is 35.4 Å². The van der Waals surface area contributed by atoms with Gasteiger partial charge in [0.05, 0.1) is 12.2 Å². The van der Waals surface area contributed by atoms with E-state index in [4.69, 9.17) is 4.74 Å². The van der Waals surface area contributed by atoms with E-state index in [1.54, 1.807) is 19.3 Å². The van der Waals surface area contributed by atoms with Crippen LogP contribution >= 0.6 is 15.9 Å². The van der Waals surface area contributed by atoms with Gasteiger partial charge in [-0.05, 0) is 43.2 Å². The van der Waals surface area contributed by atoms with E-state index in [0.29, 0.717) is 23.7 Å². The monoisotopic (exact) mass is 426 g/mol. The highest BCUT2D eigenvalue weighted by atomic mass is 79.9. The van der Waals surface area contributed by atoms with E-state index in [9.17, 15) is 4.79 Å². The number of halogens is 1. The Bertz CT molecular complexity index is 986. The van der Waals surface area contributed by atoms with Crippen molar-refractivity contribution in [3.8, 4) is 17.3 Å². The molecule has 7 heteroatoms. The zero-order chi connectivity index (χ0) is 18.8. The Morgan fingerprint density at radius 3 is 2.96 bits per heavy atom. The van der Waals surface area contributed by atoms with Crippen LogP contribution in [-0.2, 0) is 6.54 Å². The first-order valence-electron chi connectivity index (χ1n) is 8.82. The molecule has 1 aliphatic rings. The first-order chi connectivity index (χ1) is 13.1. The lowest BCUT2D eigenvalue weighted by Gasteiger charge is -2.20. The fraction of sp³-hybridized carbons (Fsp3) is 0.250. The molecule has 1 amide bonds. The number of nitrogens with zero attached hydrogens (tertiary/aromatic N) is 4. The molecule has 1 aliphatic heterocycles. The van der Waals surface area contributed by atoms with Gasteiger partial charge in [-0.3, -0.25) is 9.69 Å². The van der Waals surface area contributed by atoms with Crippen molar-refractivity contribution in [1.82, 2.24) is 14.5 Å². The molecule has 27 heavy (non-hydrogen) atoms. The van der Waals surface area contributed by atoms with Gasteiger partial charge in [0.2, 0.25) is 0 Å². The molecule has 1 aromatic carbocycles. The molecule has 4 rings (SSSR count). The fourth-order valence-corrected chi connectivity index (χ4v) is 3.46. The molecule has 2 bridgehead atoms. The van der Waals surface area contributed by atoms with Crippen molar-refractivity contribution in [3.05, 3.63) is 58.8 Å². The van der Waals surface area contributed by atoms with Crippen LogP contribution in [-0.4, -0.2) is 34.1 Å². The van der Waals surface area contributed by atoms with Gasteiger partial charge in [-0.25, -0.2) is 9.97 Å². The fourth-order valence-electron chi connectivity index (χ4n) is 3.10. The highest BCUT2D eigenvalue weighted by molar-refractivity contribution is 9.10. The van der Waals surface area contributed by atoms with Crippen molar-refractivity contribution in [2.45, 2.75) is 19.4 Å². The number of fused-ring (bicyclic) bond motifs is 5. The van der Waals surface area contributed by atoms with E-state index < -0.39 is 0 Å². The standard InChI is InChI=1S/C20H19BrN4O2/c1-24-18-6-4-5-16(23-18)19-22-9-11-25(19)10-2-3-12-27-17-8-7-14(21)13-15(17)20(24)26/h4-9,11,13H,2-3,10,12H2,1H3. The van der Waals surface area contributed by atoms with Crippen molar-refractivity contribution in [1.29, 1.82) is 0 Å². The van der Waals surface area contributed by atoms with Crippen LogP contribution in [0.4, 0.5) is 5.82 Å². The number of amides is 1. The molecule has 0 N–H and O–H groups in total. The molecule has 0 atom stereocenters. The van der Waals surface area contributed by atoms with Crippen LogP contribution in [0.3, 0.4) is 0 Å². The molecule has 6 nitrogen and oxygen atoms in total. The lowest BCUT2D eigenvalue weighted by molar-refractivity contribution is 0.0988. The first kappa shape index (κ1) is 17.7. The normalized spacial score (nSPS) is 14.7. The Morgan fingerprint density at radius 2 is 2.07 bits per heavy atom. The number of anilines is 1. The topological polar surface area (TPSA) is 60.2 Å². The van der Waals surface area contributed by atoms with Crippen LogP contribution in [0, 0.1) is 0 Å². The first-order valence-corrected chi connectivity index (χ1v) is 9.62. The Hall–Kier alpha value is -2.67. The number of carbonyl (C=O) groups excluding carboxylic acids is 1. The summed E-state index contributed by atoms with van der Waals surface area (Å²) < 4.78 is 8.84. The Balaban J connectivity index is 1.80. The SMILES string of the molecule is CN1C(=O)c2cc(Br)ccc2OCCCCn2ccnc2-c2cccc1n2. The maximum absolute atomic E-state index is 13.1. The number of hydrogen-bond acceptors (Lipinski definition) is 4. The van der Waals surface area contributed by atoms with Gasteiger partial charge >= 0.3 is 0 Å². The van der Waals surface area contributed by atoms with E-state index in [-0.39, 0.29) is 5.91 Å². The van der Waals surface area contributed by atoms with Gasteiger partial charge in [-0.2, -0.15) is 0 Å². The van der Waals surface area contributed by atoms with Crippen molar-refractivity contribution >= 4 is 27.7 Å². The molecule has 0 saturated heterocycles. The average Bonchev–Trinajstić information content (AvgIpc) is 3.15. The number of imidazole rings is 1. The number of pyridine rings is 1. The van der Waals surface area contributed by atoms with Gasteiger partial charge in [-0.15, -0.1) is 0 Å². The quantitative estimate of drug-likeness (QED) is 0.541. The average molecular weight is 427 g/mol. The van der Waals surface area contributed by atoms with E-state index in [1.165, 1.54) is 4.90 Å². The second-order valence-electron chi connectivity index (χ2n) is 6.39. The highest BCUT2D eigenvalue weighted by Crippen LogP contribution is 2.27. The molecule has 3 heterocycles. The minimum Gasteiger partial charge on any atom is -0.493 e. The Labute approximate surface area is 165 Å². The van der Waals surface area contributed by atoms with Crippen molar-refractivity contribution in [3.63, 3.8) is 0 Å². The molecule has 0 aliphatic carbocycles. The van der Waals surface area contributed by atoms with E-state index in [1.807, 2.05) is 36.5 Å². The van der Waals surface area contributed by atoms with Crippen molar-refractivity contribution in [2.75, 3.05) is 18.6 Å². The maximum atomic E-state index is 13.1. The number of benzene rings is 1. The predicted octanol–water partition coefficient (Wildman–Crippen LogP) is 4.16. The smallest absolute Gasteiger partial charge is 0.262 e. The highest BCUT2D eigenvalue weighted by Gasteiger charge is 2.21. The van der Waals surface area contributed by atoms with Crippen LogP contribution in [0.25, 0.3) is 11.5 Å². The third kappa shape index (κ3) is 3.60. The predicted molar refractivity (Wildman–Crippen MR) is 107 cm³/mol. The molecule has 3 aromatic rings. The zero-order valence-electron chi connectivity index (χ0n) is 14.9. The van der Waals surface area contributed by atoms with Gasteiger partial charge in [0.15, 0.2) is 5.82 Å². The number of carbonyl (C=O) groups is 1. The number of rotatable bonds is 0. The molecular weight excluding hydrogens is 408 g/mol. The summed E-state index contributed by atoms with van der Waals surface area (Å²) in [7, 11) is 1.72. The van der Waals surface area contributed by atoms with Crippen molar-refractivity contribution < 1.29 is 9.53 Å². The molecular formula is C20H19BrN4O2. The molecule has 0 unspecified atom stereocenters. The second kappa shape index (κ2) is 7.52. The number of hydrogen-bond donors (Lipinski definition) is 0. The lowest BCUT2D eigenvalue weighted by atomic mass is 10.1. The number of ether oxygens (including phenoxy) is 1. The third-order valence-corrected chi connectivity index (χ3v) is 5.04. The summed E-state index contributed by atoms with van der Waals surface area (Å²) in [6, 6.07) is 11.1. The lowest BCUT2D eigenvalue weighted by Crippen LogP contribution is -2.28. The van der Waals surface area contributed by atoms with Crippen LogP contribution in [0.15, 0.2) is 53.3 Å². The zero-order valence-corrected chi connectivity index (χ0v) is 16.5. The third-order valence-electron chi connectivity index (χ3n) is 4.55. The maximum Gasteiger partial charge on any atom is 0.262 e. The Morgan fingerprint density at radius 1 is 1.19 bits per heavy atom. The van der Waals surface area contributed by atoms with Gasteiger partial charge in [-0.1, -0.05) is 22.0 Å². The van der Waals surface area contributed by atoms with E-state index >= 15 is 0 Å². The molecule has 0 fully saturated rings. The minimum absolute atomic E-state index is 0.170. The largest absolute Gasteiger partial charge is 0.493 e. The van der Waals surface area contributed by atoms with Gasteiger partial charge in [0.1, 0.15) is 17.3 Å². The molecule has 0 saturated carbocycles. The second-order valence-corrected chi connectivity index (χ2v) is 7.30. The van der Waals surface area contributed by atoms with Crippen LogP contribution in [0.1, 0.15) is 23.2 Å². The number of aromatic nitrogens is 3. The summed E-state index contributed by atoms with van der Waals surface area (Å²) in [5.74, 6) is 1.79. The van der Waals surface area contributed by atoms with Crippen LogP contribution in [0.2, 0.25) is 0 Å². The molecule has 0 radical (unpaired) electrons.